The summed E-state index contributed by atoms with van der Waals surface area (Å²) in [5.74, 6) is 0.660. The van der Waals surface area contributed by atoms with E-state index in [2.05, 4.69) is 12.2 Å². The number of aryl methyl sites for hydroxylation is 1. The Labute approximate surface area is 135 Å². The van der Waals surface area contributed by atoms with Crippen molar-refractivity contribution >= 4 is 27.9 Å². The monoisotopic (exact) mass is 314 g/mol. The summed E-state index contributed by atoms with van der Waals surface area (Å²) in [5.41, 5.74) is 10.0. The summed E-state index contributed by atoms with van der Waals surface area (Å²) in [5, 5.41) is 3.63. The molecule has 0 radical (unpaired) electrons. The molecule has 0 saturated heterocycles. The van der Waals surface area contributed by atoms with Crippen molar-refractivity contribution in [2.75, 3.05) is 11.1 Å². The minimum absolute atomic E-state index is 0.0752. The maximum absolute atomic E-state index is 12.6. The van der Waals surface area contributed by atoms with Gasteiger partial charge in [0.05, 0.1) is 10.6 Å². The summed E-state index contributed by atoms with van der Waals surface area (Å²) in [7, 11) is 0. The first kappa shape index (κ1) is 15.1. The standard InChI is InChI=1S/C18H22N2OS/c1-3-12-6-9-14-15(10-12)22-17(19)16(14)18(21)20-13-7-4-11(2)5-8-13/h4-5,7-8,12H,3,6,9-10,19H2,1-2H3,(H,20,21)/t12-/m0/s1. The third-order valence-corrected chi connectivity index (χ3v) is 5.59. The second-order valence-corrected chi connectivity index (χ2v) is 7.22. The van der Waals surface area contributed by atoms with Gasteiger partial charge in [0.2, 0.25) is 0 Å². The number of hydrogen-bond acceptors (Lipinski definition) is 3. The van der Waals surface area contributed by atoms with Gasteiger partial charge in [-0.15, -0.1) is 11.3 Å². The Kier molecular flexibility index (Phi) is 4.21. The highest BCUT2D eigenvalue weighted by molar-refractivity contribution is 7.16. The second-order valence-electron chi connectivity index (χ2n) is 6.08. The first-order chi connectivity index (χ1) is 10.6. The molecule has 1 aliphatic carbocycles. The Hall–Kier alpha value is -1.81. The van der Waals surface area contributed by atoms with Crippen molar-refractivity contribution in [2.24, 2.45) is 5.92 Å². The van der Waals surface area contributed by atoms with Gasteiger partial charge < -0.3 is 11.1 Å². The number of carbonyl (C=O) groups is 1. The lowest BCUT2D eigenvalue weighted by atomic mass is 9.85. The van der Waals surface area contributed by atoms with Crippen molar-refractivity contribution in [3.8, 4) is 0 Å². The first-order valence-corrected chi connectivity index (χ1v) is 8.68. The fourth-order valence-electron chi connectivity index (χ4n) is 3.10. The molecule has 1 atom stereocenters. The van der Waals surface area contributed by atoms with E-state index in [0.29, 0.717) is 10.6 Å². The van der Waals surface area contributed by atoms with Crippen LogP contribution in [-0.2, 0) is 12.8 Å². The quantitative estimate of drug-likeness (QED) is 0.882. The third kappa shape index (κ3) is 2.88. The average molecular weight is 314 g/mol. The first-order valence-electron chi connectivity index (χ1n) is 7.86. The predicted molar refractivity (Wildman–Crippen MR) is 93.7 cm³/mol. The molecule has 0 spiro atoms. The van der Waals surface area contributed by atoms with Crippen LogP contribution in [0.4, 0.5) is 10.7 Å². The molecular weight excluding hydrogens is 292 g/mol. The van der Waals surface area contributed by atoms with E-state index < -0.39 is 0 Å². The number of benzene rings is 1. The maximum atomic E-state index is 12.6. The Morgan fingerprint density at radius 3 is 2.77 bits per heavy atom. The number of hydrogen-bond donors (Lipinski definition) is 2. The number of nitrogens with one attached hydrogen (secondary N) is 1. The molecule has 1 heterocycles. The van der Waals surface area contributed by atoms with Crippen LogP contribution in [0.5, 0.6) is 0 Å². The summed E-state index contributed by atoms with van der Waals surface area (Å²) in [6, 6.07) is 7.84. The summed E-state index contributed by atoms with van der Waals surface area (Å²) in [4.78, 5) is 13.9. The number of anilines is 2. The summed E-state index contributed by atoms with van der Waals surface area (Å²) in [6.07, 6.45) is 4.39. The molecule has 3 rings (SSSR count). The molecule has 0 aliphatic heterocycles. The predicted octanol–water partition coefficient (Wildman–Crippen LogP) is 4.41. The van der Waals surface area contributed by atoms with E-state index in [-0.39, 0.29) is 5.91 Å². The normalized spacial score (nSPS) is 17.1. The SMILES string of the molecule is CC[C@H]1CCc2c(sc(N)c2C(=O)Nc2ccc(C)cc2)C1. The van der Waals surface area contributed by atoms with Crippen molar-refractivity contribution in [3.63, 3.8) is 0 Å². The highest BCUT2D eigenvalue weighted by Gasteiger charge is 2.27. The Morgan fingerprint density at radius 1 is 1.36 bits per heavy atom. The van der Waals surface area contributed by atoms with E-state index in [1.807, 2.05) is 31.2 Å². The van der Waals surface area contributed by atoms with Gasteiger partial charge in [-0.05, 0) is 49.8 Å². The molecule has 0 fully saturated rings. The molecule has 4 heteroatoms. The third-order valence-electron chi connectivity index (χ3n) is 4.51. The van der Waals surface area contributed by atoms with Gasteiger partial charge >= 0.3 is 0 Å². The molecule has 3 nitrogen and oxygen atoms in total. The number of amides is 1. The molecule has 3 N–H and O–H groups in total. The van der Waals surface area contributed by atoms with Gasteiger partial charge in [-0.1, -0.05) is 31.0 Å². The van der Waals surface area contributed by atoms with Gasteiger partial charge in [-0.25, -0.2) is 0 Å². The molecule has 0 unspecified atom stereocenters. The zero-order valence-electron chi connectivity index (χ0n) is 13.1. The van der Waals surface area contributed by atoms with Crippen molar-refractivity contribution in [2.45, 2.75) is 39.5 Å². The molecule has 22 heavy (non-hydrogen) atoms. The fraction of sp³-hybridized carbons (Fsp3) is 0.389. The smallest absolute Gasteiger partial charge is 0.258 e. The lowest BCUT2D eigenvalue weighted by molar-refractivity contribution is 0.102. The number of fused-ring (bicyclic) bond motifs is 1. The molecule has 1 amide bonds. The van der Waals surface area contributed by atoms with E-state index in [0.717, 1.165) is 30.9 Å². The molecular formula is C18H22N2OS. The van der Waals surface area contributed by atoms with E-state index >= 15 is 0 Å². The van der Waals surface area contributed by atoms with Crippen molar-refractivity contribution < 1.29 is 4.79 Å². The molecule has 0 saturated carbocycles. The Balaban J connectivity index is 1.84. The zero-order valence-corrected chi connectivity index (χ0v) is 13.9. The van der Waals surface area contributed by atoms with E-state index in [4.69, 9.17) is 5.73 Å². The maximum Gasteiger partial charge on any atom is 0.258 e. The molecule has 0 bridgehead atoms. The van der Waals surface area contributed by atoms with Crippen LogP contribution in [0.3, 0.4) is 0 Å². The van der Waals surface area contributed by atoms with Crippen LogP contribution in [0.15, 0.2) is 24.3 Å². The van der Waals surface area contributed by atoms with E-state index in [9.17, 15) is 4.79 Å². The topological polar surface area (TPSA) is 55.1 Å². The van der Waals surface area contributed by atoms with Crippen LogP contribution in [0, 0.1) is 12.8 Å². The number of carbonyl (C=O) groups excluding carboxylic acids is 1. The number of thiophene rings is 1. The molecule has 116 valence electrons. The minimum atomic E-state index is -0.0752. The van der Waals surface area contributed by atoms with E-state index in [1.165, 1.54) is 22.4 Å². The van der Waals surface area contributed by atoms with Crippen LogP contribution >= 0.6 is 11.3 Å². The van der Waals surface area contributed by atoms with Gasteiger partial charge in [-0.2, -0.15) is 0 Å². The molecule has 1 aromatic carbocycles. The number of rotatable bonds is 3. The van der Waals surface area contributed by atoms with Crippen LogP contribution in [0.1, 0.15) is 46.1 Å². The average Bonchev–Trinajstić information content (AvgIpc) is 2.84. The van der Waals surface area contributed by atoms with Gasteiger partial charge in [0, 0.05) is 10.6 Å². The Bertz CT molecular complexity index is 688. The molecule has 1 aliphatic rings. The van der Waals surface area contributed by atoms with Crippen LogP contribution in [0.25, 0.3) is 0 Å². The van der Waals surface area contributed by atoms with Crippen molar-refractivity contribution in [1.82, 2.24) is 0 Å². The largest absolute Gasteiger partial charge is 0.390 e. The highest BCUT2D eigenvalue weighted by atomic mass is 32.1. The van der Waals surface area contributed by atoms with Gasteiger partial charge in [0.15, 0.2) is 0 Å². The zero-order chi connectivity index (χ0) is 15.7. The summed E-state index contributed by atoms with van der Waals surface area (Å²) >= 11 is 1.59. The van der Waals surface area contributed by atoms with Crippen LogP contribution in [-0.4, -0.2) is 5.91 Å². The summed E-state index contributed by atoms with van der Waals surface area (Å²) < 4.78 is 0. The van der Waals surface area contributed by atoms with Crippen molar-refractivity contribution in [3.05, 3.63) is 45.8 Å². The minimum Gasteiger partial charge on any atom is -0.390 e. The Morgan fingerprint density at radius 2 is 2.09 bits per heavy atom. The highest BCUT2D eigenvalue weighted by Crippen LogP contribution is 2.39. The van der Waals surface area contributed by atoms with Gasteiger partial charge in [0.25, 0.3) is 5.91 Å². The van der Waals surface area contributed by atoms with Crippen molar-refractivity contribution in [1.29, 1.82) is 0 Å². The second kappa shape index (κ2) is 6.13. The molecule has 1 aromatic heterocycles. The molecule has 2 aromatic rings. The summed E-state index contributed by atoms with van der Waals surface area (Å²) in [6.45, 7) is 4.26. The van der Waals surface area contributed by atoms with E-state index in [1.54, 1.807) is 11.3 Å². The fourth-order valence-corrected chi connectivity index (χ4v) is 4.33. The lowest BCUT2D eigenvalue weighted by Gasteiger charge is -2.21. The van der Waals surface area contributed by atoms with Crippen LogP contribution < -0.4 is 11.1 Å². The van der Waals surface area contributed by atoms with Gasteiger partial charge in [-0.3, -0.25) is 4.79 Å². The van der Waals surface area contributed by atoms with Gasteiger partial charge in [0.1, 0.15) is 0 Å². The number of nitrogens with two attached hydrogens (primary N) is 1. The van der Waals surface area contributed by atoms with Crippen LogP contribution in [0.2, 0.25) is 0 Å². The lowest BCUT2D eigenvalue weighted by Crippen LogP contribution is -2.18. The number of nitrogen functional groups attached to an aromatic ring is 1.